The average Bonchev–Trinajstić information content (AvgIpc) is 2.87. The highest BCUT2D eigenvalue weighted by atomic mass is 16.5. The molecule has 3 aromatic rings. The van der Waals surface area contributed by atoms with E-state index >= 15 is 0 Å². The van der Waals surface area contributed by atoms with E-state index in [9.17, 15) is 9.90 Å². The summed E-state index contributed by atoms with van der Waals surface area (Å²) in [6.45, 7) is 8.40. The second-order valence-electron chi connectivity index (χ2n) is 8.76. The van der Waals surface area contributed by atoms with Gasteiger partial charge in [-0.1, -0.05) is 79.2 Å². The Bertz CT molecular complexity index is 1140. The van der Waals surface area contributed by atoms with Crippen LogP contribution in [0, 0.1) is 6.92 Å². The molecule has 0 radical (unpaired) electrons. The smallest absolute Gasteiger partial charge is 0.333 e. The molecule has 0 fully saturated rings. The zero-order valence-electron chi connectivity index (χ0n) is 20.9. The quantitative estimate of drug-likeness (QED) is 0.267. The topological polar surface area (TPSA) is 46.5 Å². The first-order chi connectivity index (χ1) is 16.5. The summed E-state index contributed by atoms with van der Waals surface area (Å²) >= 11 is 0. The van der Waals surface area contributed by atoms with Crippen LogP contribution in [-0.4, -0.2) is 24.3 Å². The molecule has 3 nitrogen and oxygen atoms in total. The number of allylic oxidation sites excluding steroid dienone is 1. The SMILES string of the molecule is C/C=C(/C)C(=O)OCCc1cc(-c2ccc(-c3ccc(C)cc3)cc2CC)ccc1CCCO. The molecule has 0 saturated heterocycles. The van der Waals surface area contributed by atoms with Crippen LogP contribution in [0.1, 0.15) is 49.4 Å². The maximum absolute atomic E-state index is 12.0. The summed E-state index contributed by atoms with van der Waals surface area (Å²) in [5, 5.41) is 9.32. The van der Waals surface area contributed by atoms with Gasteiger partial charge in [-0.15, -0.1) is 0 Å². The number of benzene rings is 3. The molecular weight excluding hydrogens is 420 g/mol. The zero-order valence-corrected chi connectivity index (χ0v) is 20.9. The molecule has 34 heavy (non-hydrogen) atoms. The molecule has 3 aromatic carbocycles. The van der Waals surface area contributed by atoms with Crippen LogP contribution < -0.4 is 0 Å². The van der Waals surface area contributed by atoms with Crippen molar-refractivity contribution in [3.05, 3.63) is 94.6 Å². The number of aryl methyl sites for hydroxylation is 3. The number of carbonyl (C=O) groups excluding carboxylic acids is 1. The standard InChI is InChI=1S/C31H36O3/c1-5-23(4)31(33)34-19-17-28-21-29(14-13-25(28)8-7-18-32)30-16-15-27(20-24(30)6-2)26-11-9-22(3)10-12-26/h5,9-16,20-21,32H,6-8,17-19H2,1-4H3/b23-5-. The molecule has 0 aliphatic carbocycles. The van der Waals surface area contributed by atoms with E-state index < -0.39 is 0 Å². The Kier molecular flexibility index (Phi) is 9.24. The van der Waals surface area contributed by atoms with E-state index in [2.05, 4.69) is 74.5 Å². The van der Waals surface area contributed by atoms with Crippen molar-refractivity contribution >= 4 is 5.97 Å². The summed E-state index contributed by atoms with van der Waals surface area (Å²) in [7, 11) is 0. The maximum Gasteiger partial charge on any atom is 0.333 e. The highest BCUT2D eigenvalue weighted by molar-refractivity contribution is 5.87. The molecule has 0 aliphatic rings. The molecule has 0 aliphatic heterocycles. The lowest BCUT2D eigenvalue weighted by atomic mass is 9.90. The number of hydrogen-bond acceptors (Lipinski definition) is 3. The summed E-state index contributed by atoms with van der Waals surface area (Å²) in [5.74, 6) is -0.268. The Morgan fingerprint density at radius 1 is 0.882 bits per heavy atom. The predicted molar refractivity (Wildman–Crippen MR) is 141 cm³/mol. The van der Waals surface area contributed by atoms with Gasteiger partial charge in [0.15, 0.2) is 0 Å². The van der Waals surface area contributed by atoms with E-state index in [-0.39, 0.29) is 12.6 Å². The minimum atomic E-state index is -0.268. The number of hydrogen-bond donors (Lipinski definition) is 1. The van der Waals surface area contributed by atoms with Crippen LogP contribution in [0.4, 0.5) is 0 Å². The van der Waals surface area contributed by atoms with Crippen molar-refractivity contribution in [2.24, 2.45) is 0 Å². The van der Waals surface area contributed by atoms with Crippen LogP contribution in [0.25, 0.3) is 22.3 Å². The zero-order chi connectivity index (χ0) is 24.5. The van der Waals surface area contributed by atoms with Gasteiger partial charge < -0.3 is 9.84 Å². The molecule has 0 spiro atoms. The van der Waals surface area contributed by atoms with Gasteiger partial charge in [0.05, 0.1) is 6.61 Å². The summed E-state index contributed by atoms with van der Waals surface area (Å²) in [4.78, 5) is 12.0. The van der Waals surface area contributed by atoms with Gasteiger partial charge in [-0.2, -0.15) is 0 Å². The molecule has 0 aromatic heterocycles. The Labute approximate surface area is 204 Å². The van der Waals surface area contributed by atoms with Crippen molar-refractivity contribution in [3.63, 3.8) is 0 Å². The van der Waals surface area contributed by atoms with Crippen molar-refractivity contribution in [2.45, 2.75) is 53.4 Å². The fourth-order valence-electron chi connectivity index (χ4n) is 4.12. The third kappa shape index (κ3) is 6.45. The number of rotatable bonds is 10. The number of carbonyl (C=O) groups is 1. The van der Waals surface area contributed by atoms with Crippen LogP contribution >= 0.6 is 0 Å². The maximum atomic E-state index is 12.0. The van der Waals surface area contributed by atoms with Crippen LogP contribution in [-0.2, 0) is 28.8 Å². The van der Waals surface area contributed by atoms with Gasteiger partial charge in [0.25, 0.3) is 0 Å². The summed E-state index contributed by atoms with van der Waals surface area (Å²) in [5.41, 5.74) is 10.4. The van der Waals surface area contributed by atoms with Crippen molar-refractivity contribution < 1.29 is 14.6 Å². The molecule has 0 saturated carbocycles. The van der Waals surface area contributed by atoms with Crippen LogP contribution in [0.5, 0.6) is 0 Å². The van der Waals surface area contributed by atoms with E-state index in [1.54, 1.807) is 13.0 Å². The molecular formula is C31H36O3. The van der Waals surface area contributed by atoms with E-state index in [1.165, 1.54) is 44.5 Å². The summed E-state index contributed by atoms with van der Waals surface area (Å²) < 4.78 is 5.47. The number of aliphatic hydroxyl groups is 1. The summed E-state index contributed by atoms with van der Waals surface area (Å²) in [6.07, 6.45) is 4.88. The van der Waals surface area contributed by atoms with Gasteiger partial charge in [-0.25, -0.2) is 4.79 Å². The lowest BCUT2D eigenvalue weighted by molar-refractivity contribution is -0.138. The first kappa shape index (κ1) is 25.5. The second-order valence-corrected chi connectivity index (χ2v) is 8.76. The first-order valence-corrected chi connectivity index (χ1v) is 12.2. The van der Waals surface area contributed by atoms with E-state index in [1.807, 2.05) is 6.92 Å². The number of ether oxygens (including phenoxy) is 1. The monoisotopic (exact) mass is 456 g/mol. The third-order valence-corrected chi connectivity index (χ3v) is 6.35. The van der Waals surface area contributed by atoms with Crippen molar-refractivity contribution in [1.82, 2.24) is 0 Å². The lowest BCUT2D eigenvalue weighted by Gasteiger charge is -2.15. The Morgan fingerprint density at radius 3 is 2.24 bits per heavy atom. The fourth-order valence-corrected chi connectivity index (χ4v) is 4.12. The van der Waals surface area contributed by atoms with Gasteiger partial charge in [0.2, 0.25) is 0 Å². The lowest BCUT2D eigenvalue weighted by Crippen LogP contribution is -2.10. The number of esters is 1. The van der Waals surface area contributed by atoms with Crippen molar-refractivity contribution in [2.75, 3.05) is 13.2 Å². The predicted octanol–water partition coefficient (Wildman–Crippen LogP) is 6.87. The van der Waals surface area contributed by atoms with Gasteiger partial charge in [-0.05, 0) is 79.0 Å². The van der Waals surface area contributed by atoms with Crippen LogP contribution in [0.15, 0.2) is 72.3 Å². The Hall–Kier alpha value is -3.17. The molecule has 3 rings (SSSR count). The van der Waals surface area contributed by atoms with E-state index in [4.69, 9.17) is 4.74 Å². The summed E-state index contributed by atoms with van der Waals surface area (Å²) in [6, 6.07) is 21.9. The highest BCUT2D eigenvalue weighted by Gasteiger charge is 2.12. The third-order valence-electron chi connectivity index (χ3n) is 6.35. The highest BCUT2D eigenvalue weighted by Crippen LogP contribution is 2.31. The molecule has 0 amide bonds. The van der Waals surface area contributed by atoms with Crippen LogP contribution in [0.2, 0.25) is 0 Å². The van der Waals surface area contributed by atoms with E-state index in [0.29, 0.717) is 18.6 Å². The fraction of sp³-hybridized carbons (Fsp3) is 0.323. The Morgan fingerprint density at radius 2 is 1.56 bits per heavy atom. The van der Waals surface area contributed by atoms with E-state index in [0.717, 1.165) is 19.3 Å². The molecule has 0 unspecified atom stereocenters. The van der Waals surface area contributed by atoms with Crippen LogP contribution in [0.3, 0.4) is 0 Å². The van der Waals surface area contributed by atoms with Crippen molar-refractivity contribution in [3.8, 4) is 22.3 Å². The van der Waals surface area contributed by atoms with Gasteiger partial charge >= 0.3 is 5.97 Å². The normalized spacial score (nSPS) is 11.5. The second kappa shape index (κ2) is 12.3. The molecule has 0 bridgehead atoms. The minimum absolute atomic E-state index is 0.164. The van der Waals surface area contributed by atoms with Crippen molar-refractivity contribution in [1.29, 1.82) is 0 Å². The molecule has 0 atom stereocenters. The van der Waals surface area contributed by atoms with Gasteiger partial charge in [-0.3, -0.25) is 0 Å². The van der Waals surface area contributed by atoms with Gasteiger partial charge in [0.1, 0.15) is 0 Å². The Balaban J connectivity index is 1.89. The number of aliphatic hydroxyl groups excluding tert-OH is 1. The largest absolute Gasteiger partial charge is 0.462 e. The molecule has 0 heterocycles. The van der Waals surface area contributed by atoms with Gasteiger partial charge in [0, 0.05) is 18.6 Å². The molecule has 1 N–H and O–H groups in total. The molecule has 3 heteroatoms. The average molecular weight is 457 g/mol. The minimum Gasteiger partial charge on any atom is -0.462 e. The first-order valence-electron chi connectivity index (χ1n) is 12.2. The molecule has 178 valence electrons.